The topological polar surface area (TPSA) is 77.0 Å². The van der Waals surface area contributed by atoms with E-state index in [-0.39, 0.29) is 11.4 Å². The number of hydrogen-bond donors (Lipinski definition) is 2. The third kappa shape index (κ3) is 4.17. The van der Waals surface area contributed by atoms with Gasteiger partial charge in [-0.2, -0.15) is 0 Å². The first-order chi connectivity index (χ1) is 13.3. The second-order valence-corrected chi connectivity index (χ2v) is 7.37. The zero-order chi connectivity index (χ0) is 20.4. The smallest absolute Gasteiger partial charge is 0.306 e. The maximum atomic E-state index is 11.3. The van der Waals surface area contributed by atoms with E-state index in [1.807, 2.05) is 0 Å². The molecule has 6 nitrogen and oxygen atoms in total. The molecule has 0 aromatic heterocycles. The average molecular weight is 442 g/mol. The van der Waals surface area contributed by atoms with Gasteiger partial charge in [-0.05, 0) is 24.3 Å². The SMILES string of the molecule is COc1cc(Cl)cc([C@H]2O[C@H](CC(=O)O)C(=S)Nc3ccc(Cl)cc32)c1OC. The summed E-state index contributed by atoms with van der Waals surface area (Å²) in [7, 11) is 3.00. The summed E-state index contributed by atoms with van der Waals surface area (Å²) in [5.41, 5.74) is 1.90. The number of rotatable bonds is 5. The number of carboxylic acids is 1. The predicted octanol–water partition coefficient (Wildman–Crippen LogP) is 4.71. The standard InChI is InChI=1S/C19H17Cl2NO5S/c1-25-14-7-10(21)6-12(18(14)26-2)17-11-5-9(20)3-4-13(11)22-19(28)15(27-17)8-16(23)24/h3-7,15,17H,8H2,1-2H3,(H,22,28)(H,23,24)/t15-,17+/m1/s1. The van der Waals surface area contributed by atoms with Crippen LogP contribution < -0.4 is 14.8 Å². The fourth-order valence-electron chi connectivity index (χ4n) is 3.07. The number of benzene rings is 2. The Balaban J connectivity index is 2.22. The molecule has 2 aromatic carbocycles. The third-order valence-electron chi connectivity index (χ3n) is 4.26. The van der Waals surface area contributed by atoms with Crippen LogP contribution in [0.25, 0.3) is 0 Å². The van der Waals surface area contributed by atoms with E-state index < -0.39 is 18.2 Å². The quantitative estimate of drug-likeness (QED) is 0.650. The minimum atomic E-state index is -1.03. The van der Waals surface area contributed by atoms with Gasteiger partial charge in [-0.15, -0.1) is 0 Å². The number of hydrogen-bond acceptors (Lipinski definition) is 5. The molecule has 9 heteroatoms. The van der Waals surface area contributed by atoms with Crippen LogP contribution in [0.4, 0.5) is 5.69 Å². The van der Waals surface area contributed by atoms with Crippen LogP contribution in [0.2, 0.25) is 10.0 Å². The number of thiocarbonyl (C=S) groups is 1. The zero-order valence-corrected chi connectivity index (χ0v) is 17.3. The first-order valence-electron chi connectivity index (χ1n) is 8.23. The summed E-state index contributed by atoms with van der Waals surface area (Å²) in [5, 5.41) is 13.2. The van der Waals surface area contributed by atoms with Gasteiger partial charge in [0.2, 0.25) is 0 Å². The van der Waals surface area contributed by atoms with E-state index in [1.165, 1.54) is 14.2 Å². The minimum Gasteiger partial charge on any atom is -0.493 e. The molecule has 0 spiro atoms. The molecule has 28 heavy (non-hydrogen) atoms. The molecular formula is C19H17Cl2NO5S. The number of methoxy groups -OCH3 is 2. The molecule has 0 amide bonds. The lowest BCUT2D eigenvalue weighted by molar-refractivity contribution is -0.139. The van der Waals surface area contributed by atoms with Gasteiger partial charge in [-0.3, -0.25) is 4.79 Å². The monoisotopic (exact) mass is 441 g/mol. The highest BCUT2D eigenvalue weighted by Gasteiger charge is 2.33. The summed E-state index contributed by atoms with van der Waals surface area (Å²) >= 11 is 17.8. The lowest BCUT2D eigenvalue weighted by Crippen LogP contribution is -2.30. The van der Waals surface area contributed by atoms with Gasteiger partial charge in [0.25, 0.3) is 0 Å². The molecule has 0 saturated heterocycles. The van der Waals surface area contributed by atoms with Gasteiger partial charge in [0.15, 0.2) is 11.5 Å². The van der Waals surface area contributed by atoms with E-state index in [0.717, 1.165) is 0 Å². The van der Waals surface area contributed by atoms with E-state index in [0.29, 0.717) is 38.4 Å². The number of aliphatic carboxylic acids is 1. The van der Waals surface area contributed by atoms with Crippen LogP contribution in [0.3, 0.4) is 0 Å². The molecule has 148 valence electrons. The number of anilines is 1. The average Bonchev–Trinajstić information content (AvgIpc) is 2.77. The van der Waals surface area contributed by atoms with Crippen LogP contribution in [-0.2, 0) is 9.53 Å². The molecule has 2 aromatic rings. The van der Waals surface area contributed by atoms with Gasteiger partial charge in [-0.25, -0.2) is 0 Å². The van der Waals surface area contributed by atoms with Crippen LogP contribution >= 0.6 is 35.4 Å². The Morgan fingerprint density at radius 1 is 1.18 bits per heavy atom. The fraction of sp³-hybridized carbons (Fsp3) is 0.263. The van der Waals surface area contributed by atoms with Crippen molar-refractivity contribution in [2.75, 3.05) is 19.5 Å². The van der Waals surface area contributed by atoms with Gasteiger partial charge in [0.05, 0.1) is 20.6 Å². The number of nitrogens with one attached hydrogen (secondary N) is 1. The Morgan fingerprint density at radius 2 is 1.89 bits per heavy atom. The van der Waals surface area contributed by atoms with Crippen LogP contribution in [0.1, 0.15) is 23.7 Å². The third-order valence-corrected chi connectivity index (χ3v) is 5.08. The number of carbonyl (C=O) groups is 1. The second-order valence-electron chi connectivity index (χ2n) is 6.05. The van der Waals surface area contributed by atoms with E-state index in [2.05, 4.69) is 5.32 Å². The molecule has 0 bridgehead atoms. The van der Waals surface area contributed by atoms with Gasteiger partial charge in [-0.1, -0.05) is 35.4 Å². The fourth-order valence-corrected chi connectivity index (χ4v) is 3.72. The summed E-state index contributed by atoms with van der Waals surface area (Å²) < 4.78 is 17.1. The summed E-state index contributed by atoms with van der Waals surface area (Å²) in [6, 6.07) is 8.51. The minimum absolute atomic E-state index is 0.265. The molecule has 3 rings (SSSR count). The van der Waals surface area contributed by atoms with Crippen molar-refractivity contribution in [2.45, 2.75) is 18.6 Å². The molecule has 1 heterocycles. The van der Waals surface area contributed by atoms with Crippen molar-refractivity contribution in [1.82, 2.24) is 0 Å². The summed E-state index contributed by atoms with van der Waals surface area (Å²) in [5.74, 6) is -0.191. The molecule has 2 N–H and O–H groups in total. The van der Waals surface area contributed by atoms with E-state index >= 15 is 0 Å². The van der Waals surface area contributed by atoms with Crippen molar-refractivity contribution < 1.29 is 24.1 Å². The maximum absolute atomic E-state index is 11.3. The van der Waals surface area contributed by atoms with Crippen LogP contribution in [0, 0.1) is 0 Å². The highest BCUT2D eigenvalue weighted by molar-refractivity contribution is 7.80. The highest BCUT2D eigenvalue weighted by atomic mass is 35.5. The lowest BCUT2D eigenvalue weighted by Gasteiger charge is -2.24. The Kier molecular flexibility index (Phi) is 6.30. The first-order valence-corrected chi connectivity index (χ1v) is 9.39. The Bertz CT molecular complexity index is 937. The number of fused-ring (bicyclic) bond motifs is 1. The molecule has 2 atom stereocenters. The van der Waals surface area contributed by atoms with E-state index in [9.17, 15) is 9.90 Å². The zero-order valence-electron chi connectivity index (χ0n) is 15.0. The molecule has 0 fully saturated rings. The van der Waals surface area contributed by atoms with Crippen molar-refractivity contribution in [2.24, 2.45) is 0 Å². The number of halogens is 2. The Hall–Kier alpha value is -2.06. The van der Waals surface area contributed by atoms with Gasteiger partial charge < -0.3 is 24.6 Å². The molecule has 0 unspecified atom stereocenters. The number of ether oxygens (including phenoxy) is 3. The summed E-state index contributed by atoms with van der Waals surface area (Å²) in [6.07, 6.45) is -1.91. The van der Waals surface area contributed by atoms with E-state index in [1.54, 1.807) is 30.3 Å². The first kappa shape index (κ1) is 20.7. The largest absolute Gasteiger partial charge is 0.493 e. The molecule has 1 aliphatic heterocycles. The van der Waals surface area contributed by atoms with Crippen molar-refractivity contribution in [1.29, 1.82) is 0 Å². The van der Waals surface area contributed by atoms with Crippen LogP contribution in [0.15, 0.2) is 30.3 Å². The van der Waals surface area contributed by atoms with Gasteiger partial charge >= 0.3 is 5.97 Å². The van der Waals surface area contributed by atoms with Crippen LogP contribution in [0.5, 0.6) is 11.5 Å². The normalized spacial score (nSPS) is 18.6. The van der Waals surface area contributed by atoms with Crippen molar-refractivity contribution in [3.8, 4) is 11.5 Å². The molecule has 0 radical (unpaired) electrons. The molecule has 0 aliphatic carbocycles. The van der Waals surface area contributed by atoms with Crippen LogP contribution in [-0.4, -0.2) is 36.4 Å². The van der Waals surface area contributed by atoms with Gasteiger partial charge in [0, 0.05) is 32.9 Å². The second kappa shape index (κ2) is 8.53. The van der Waals surface area contributed by atoms with Crippen molar-refractivity contribution >= 4 is 52.1 Å². The number of carboxylic acid groups (broad SMARTS) is 1. The predicted molar refractivity (Wildman–Crippen MR) is 111 cm³/mol. The summed E-state index contributed by atoms with van der Waals surface area (Å²) in [6.45, 7) is 0. The lowest BCUT2D eigenvalue weighted by atomic mass is 9.98. The Labute approximate surface area is 177 Å². The molecular weight excluding hydrogens is 425 g/mol. The molecule has 1 aliphatic rings. The van der Waals surface area contributed by atoms with Crippen molar-refractivity contribution in [3.63, 3.8) is 0 Å². The highest BCUT2D eigenvalue weighted by Crippen LogP contribution is 2.45. The summed E-state index contributed by atoms with van der Waals surface area (Å²) in [4.78, 5) is 11.6. The Morgan fingerprint density at radius 3 is 2.54 bits per heavy atom. The molecule has 0 saturated carbocycles. The van der Waals surface area contributed by atoms with E-state index in [4.69, 9.17) is 49.6 Å². The van der Waals surface area contributed by atoms with Gasteiger partial charge in [0.1, 0.15) is 17.2 Å². The van der Waals surface area contributed by atoms with Crippen molar-refractivity contribution in [3.05, 3.63) is 51.5 Å². The maximum Gasteiger partial charge on any atom is 0.306 e.